The Morgan fingerprint density at radius 3 is 2.00 bits per heavy atom. The zero-order valence-electron chi connectivity index (χ0n) is 6.84. The Morgan fingerprint density at radius 2 is 1.64 bits per heavy atom. The first-order valence-corrected chi connectivity index (χ1v) is 3.67. The van der Waals surface area contributed by atoms with E-state index in [9.17, 15) is 4.39 Å². The van der Waals surface area contributed by atoms with Crippen molar-refractivity contribution in [3.8, 4) is 5.75 Å². The maximum absolute atomic E-state index is 11.8. The van der Waals surface area contributed by atoms with Gasteiger partial charge >= 0.3 is 0 Å². The molecule has 1 aromatic carbocycles. The Kier molecular flexibility index (Phi) is 5.17. The van der Waals surface area contributed by atoms with Crippen molar-refractivity contribution >= 4 is 0 Å². The van der Waals surface area contributed by atoms with Crippen LogP contribution in [0.4, 0.5) is 4.39 Å². The molecule has 1 nitrogen and oxygen atoms in total. The van der Waals surface area contributed by atoms with Gasteiger partial charge in [-0.25, -0.2) is 4.39 Å². The summed E-state index contributed by atoms with van der Waals surface area (Å²) in [5.74, 6) is 0.173. The molecule has 1 aromatic rings. The third-order valence-electron chi connectivity index (χ3n) is 1.09. The molecule has 1 N–H and O–H groups in total. The van der Waals surface area contributed by atoms with Gasteiger partial charge < -0.3 is 5.11 Å². The van der Waals surface area contributed by atoms with Gasteiger partial charge in [0.2, 0.25) is 0 Å². The first-order chi connectivity index (χ1) is 5.33. The Balaban J connectivity index is 0.000000461. The predicted octanol–water partition coefficient (Wildman–Crippen LogP) is 2.89. The van der Waals surface area contributed by atoms with Crippen LogP contribution in [0.2, 0.25) is 0 Å². The van der Waals surface area contributed by atoms with E-state index in [0.29, 0.717) is 5.56 Å². The maximum atomic E-state index is 11.8. The molecule has 62 valence electrons. The van der Waals surface area contributed by atoms with Gasteiger partial charge in [-0.1, -0.05) is 26.0 Å². The van der Waals surface area contributed by atoms with Gasteiger partial charge in [0.15, 0.2) is 0 Å². The summed E-state index contributed by atoms with van der Waals surface area (Å²) in [7, 11) is 0. The van der Waals surface area contributed by atoms with Crippen LogP contribution >= 0.6 is 0 Å². The fourth-order valence-electron chi connectivity index (χ4n) is 0.585. The second-order valence-corrected chi connectivity index (χ2v) is 1.80. The molecule has 0 heterocycles. The Morgan fingerprint density at radius 1 is 1.18 bits per heavy atom. The van der Waals surface area contributed by atoms with E-state index in [1.54, 1.807) is 12.1 Å². The van der Waals surface area contributed by atoms with Crippen molar-refractivity contribution in [2.75, 3.05) is 0 Å². The van der Waals surface area contributed by atoms with Crippen molar-refractivity contribution in [1.82, 2.24) is 0 Å². The molecule has 0 bridgehead atoms. The molecule has 0 aromatic heterocycles. The largest absolute Gasteiger partial charge is 0.508 e. The van der Waals surface area contributed by atoms with Crippen molar-refractivity contribution in [3.63, 3.8) is 0 Å². The lowest BCUT2D eigenvalue weighted by Gasteiger charge is -1.91. The highest BCUT2D eigenvalue weighted by atomic mass is 19.1. The van der Waals surface area contributed by atoms with Crippen LogP contribution in [0.25, 0.3) is 0 Å². The maximum Gasteiger partial charge on any atom is 0.115 e. The fraction of sp³-hybridized carbons (Fsp3) is 0.333. The normalized spacial score (nSPS) is 8.27. The van der Waals surface area contributed by atoms with E-state index >= 15 is 0 Å². The van der Waals surface area contributed by atoms with Gasteiger partial charge in [0.25, 0.3) is 0 Å². The number of aromatic hydroxyl groups is 1. The minimum atomic E-state index is -0.472. The molecular weight excluding hydrogens is 143 g/mol. The molecule has 0 spiro atoms. The van der Waals surface area contributed by atoms with E-state index in [1.165, 1.54) is 12.1 Å². The van der Waals surface area contributed by atoms with Crippen LogP contribution in [0.1, 0.15) is 19.4 Å². The van der Waals surface area contributed by atoms with Crippen LogP contribution in [0.15, 0.2) is 24.3 Å². The lowest BCUT2D eigenvalue weighted by molar-refractivity contribution is 0.470. The molecule has 0 atom stereocenters. The lowest BCUT2D eigenvalue weighted by Crippen LogP contribution is -1.74. The number of rotatable bonds is 1. The number of phenols is 1. The molecule has 0 saturated carbocycles. The van der Waals surface area contributed by atoms with E-state index < -0.39 is 6.67 Å². The number of hydrogen-bond donors (Lipinski definition) is 1. The summed E-state index contributed by atoms with van der Waals surface area (Å²) < 4.78 is 11.8. The number of benzene rings is 1. The van der Waals surface area contributed by atoms with Crippen LogP contribution in [-0.4, -0.2) is 5.11 Å². The highest BCUT2D eigenvalue weighted by Crippen LogP contribution is 2.09. The van der Waals surface area contributed by atoms with E-state index in [-0.39, 0.29) is 5.75 Å². The molecule has 11 heavy (non-hydrogen) atoms. The molecule has 0 amide bonds. The highest BCUT2D eigenvalue weighted by molar-refractivity contribution is 5.25. The van der Waals surface area contributed by atoms with Gasteiger partial charge in [-0.3, -0.25) is 0 Å². The molecule has 0 aliphatic rings. The highest BCUT2D eigenvalue weighted by Gasteiger charge is 1.88. The summed E-state index contributed by atoms with van der Waals surface area (Å²) in [6.45, 7) is 3.53. The first-order valence-electron chi connectivity index (χ1n) is 3.67. The van der Waals surface area contributed by atoms with Gasteiger partial charge in [0.1, 0.15) is 12.4 Å². The minimum Gasteiger partial charge on any atom is -0.508 e. The summed E-state index contributed by atoms with van der Waals surface area (Å²) in [6, 6.07) is 6.04. The number of halogens is 1. The second-order valence-electron chi connectivity index (χ2n) is 1.80. The summed E-state index contributed by atoms with van der Waals surface area (Å²) in [6.07, 6.45) is 0. The van der Waals surface area contributed by atoms with Crippen LogP contribution in [0.5, 0.6) is 5.75 Å². The van der Waals surface area contributed by atoms with Crippen LogP contribution in [-0.2, 0) is 6.67 Å². The standard InChI is InChI=1S/C7H7FO.C2H6/c8-5-6-1-3-7(9)4-2-6;1-2/h1-4,9H,5H2;1-2H3. The average Bonchev–Trinajstić information content (AvgIpc) is 2.10. The Labute approximate surface area is 66.5 Å². The van der Waals surface area contributed by atoms with Gasteiger partial charge in [-0.2, -0.15) is 0 Å². The van der Waals surface area contributed by atoms with Crippen LogP contribution in [0, 0.1) is 0 Å². The van der Waals surface area contributed by atoms with Crippen molar-refractivity contribution in [1.29, 1.82) is 0 Å². The molecular formula is C9H13FO. The zero-order chi connectivity index (χ0) is 8.69. The number of alkyl halides is 1. The van der Waals surface area contributed by atoms with E-state index in [2.05, 4.69) is 0 Å². The summed E-state index contributed by atoms with van der Waals surface area (Å²) in [5, 5.41) is 8.73. The summed E-state index contributed by atoms with van der Waals surface area (Å²) in [4.78, 5) is 0. The molecule has 2 heteroatoms. The number of phenolic OH excluding ortho intramolecular Hbond substituents is 1. The third-order valence-corrected chi connectivity index (χ3v) is 1.09. The second kappa shape index (κ2) is 5.71. The SMILES string of the molecule is CC.Oc1ccc(CF)cc1. The van der Waals surface area contributed by atoms with Crippen molar-refractivity contribution in [3.05, 3.63) is 29.8 Å². The minimum absolute atomic E-state index is 0.173. The summed E-state index contributed by atoms with van der Waals surface area (Å²) in [5.41, 5.74) is 0.591. The molecule has 1 rings (SSSR count). The molecule has 0 fully saturated rings. The molecule has 0 aliphatic carbocycles. The summed E-state index contributed by atoms with van der Waals surface area (Å²) >= 11 is 0. The first kappa shape index (κ1) is 9.95. The molecule has 0 radical (unpaired) electrons. The van der Waals surface area contributed by atoms with Gasteiger partial charge in [-0.05, 0) is 17.7 Å². The van der Waals surface area contributed by atoms with E-state index in [0.717, 1.165) is 0 Å². The van der Waals surface area contributed by atoms with E-state index in [1.807, 2.05) is 13.8 Å². The molecule has 0 unspecified atom stereocenters. The van der Waals surface area contributed by atoms with Crippen molar-refractivity contribution < 1.29 is 9.50 Å². The fourth-order valence-corrected chi connectivity index (χ4v) is 0.585. The van der Waals surface area contributed by atoms with E-state index in [4.69, 9.17) is 5.11 Å². The Bertz CT molecular complexity index is 181. The van der Waals surface area contributed by atoms with Crippen molar-refractivity contribution in [2.24, 2.45) is 0 Å². The number of hydrogen-bond acceptors (Lipinski definition) is 1. The lowest BCUT2D eigenvalue weighted by atomic mass is 10.2. The van der Waals surface area contributed by atoms with Gasteiger partial charge in [0.05, 0.1) is 0 Å². The Hall–Kier alpha value is -1.05. The van der Waals surface area contributed by atoms with Gasteiger partial charge in [0, 0.05) is 0 Å². The topological polar surface area (TPSA) is 20.2 Å². The van der Waals surface area contributed by atoms with Crippen LogP contribution in [0.3, 0.4) is 0 Å². The monoisotopic (exact) mass is 156 g/mol. The smallest absolute Gasteiger partial charge is 0.115 e. The molecule has 0 aliphatic heterocycles. The third kappa shape index (κ3) is 3.61. The van der Waals surface area contributed by atoms with Gasteiger partial charge in [-0.15, -0.1) is 0 Å². The van der Waals surface area contributed by atoms with Crippen LogP contribution < -0.4 is 0 Å². The zero-order valence-corrected chi connectivity index (χ0v) is 6.84. The quantitative estimate of drug-likeness (QED) is 0.662. The predicted molar refractivity (Wildman–Crippen MR) is 44.3 cm³/mol. The molecule has 0 saturated heterocycles. The van der Waals surface area contributed by atoms with Crippen molar-refractivity contribution in [2.45, 2.75) is 20.5 Å². The average molecular weight is 156 g/mol.